The van der Waals surface area contributed by atoms with Crippen molar-refractivity contribution in [3.8, 4) is 11.5 Å². The number of nitrogens with zero attached hydrogens (tertiary/aromatic N) is 4. The summed E-state index contributed by atoms with van der Waals surface area (Å²) in [6.07, 6.45) is 1.71. The van der Waals surface area contributed by atoms with Crippen LogP contribution in [-0.2, 0) is 7.05 Å². The maximum absolute atomic E-state index is 13.0. The smallest absolute Gasteiger partial charge is 0.197 e. The second-order valence-electron chi connectivity index (χ2n) is 2.82. The van der Waals surface area contributed by atoms with E-state index in [1.165, 1.54) is 0 Å². The standard InChI is InChI=1S/C8H5Cl2FN4/c1-15-3-2-4(14-15)8-12-6(9)5(11)7(10)13-8/h2-3H,1H3. The van der Waals surface area contributed by atoms with Crippen molar-refractivity contribution >= 4 is 23.2 Å². The minimum absolute atomic E-state index is 0.201. The Kier molecular flexibility index (Phi) is 2.58. The topological polar surface area (TPSA) is 43.6 Å². The molecule has 0 spiro atoms. The third-order valence-corrected chi connectivity index (χ3v) is 2.21. The monoisotopic (exact) mass is 246 g/mol. The number of halogens is 3. The zero-order valence-electron chi connectivity index (χ0n) is 7.58. The molecular weight excluding hydrogens is 242 g/mol. The van der Waals surface area contributed by atoms with Crippen LogP contribution in [-0.4, -0.2) is 19.7 Å². The molecule has 0 aliphatic carbocycles. The van der Waals surface area contributed by atoms with E-state index in [0.29, 0.717) is 5.69 Å². The fourth-order valence-corrected chi connectivity index (χ4v) is 1.43. The van der Waals surface area contributed by atoms with Crippen LogP contribution in [0.15, 0.2) is 12.3 Å². The van der Waals surface area contributed by atoms with Crippen molar-refractivity contribution in [1.29, 1.82) is 0 Å². The average molecular weight is 247 g/mol. The van der Waals surface area contributed by atoms with Crippen LogP contribution in [0, 0.1) is 5.82 Å². The third kappa shape index (κ3) is 1.93. The SMILES string of the molecule is Cn1ccc(-c2nc(Cl)c(F)c(Cl)n2)n1. The highest BCUT2D eigenvalue weighted by molar-refractivity contribution is 6.33. The maximum Gasteiger partial charge on any atom is 0.197 e. The summed E-state index contributed by atoms with van der Waals surface area (Å²) >= 11 is 11.1. The Hall–Kier alpha value is -1.20. The van der Waals surface area contributed by atoms with Gasteiger partial charge in [-0.3, -0.25) is 4.68 Å². The molecule has 0 bridgehead atoms. The molecule has 0 N–H and O–H groups in total. The van der Waals surface area contributed by atoms with Gasteiger partial charge in [0.15, 0.2) is 21.9 Å². The molecule has 4 nitrogen and oxygen atoms in total. The molecule has 78 valence electrons. The van der Waals surface area contributed by atoms with E-state index >= 15 is 0 Å². The van der Waals surface area contributed by atoms with E-state index in [9.17, 15) is 4.39 Å². The number of rotatable bonds is 1. The van der Waals surface area contributed by atoms with Crippen LogP contribution in [0.5, 0.6) is 0 Å². The summed E-state index contributed by atoms with van der Waals surface area (Å²) in [5, 5.41) is 3.43. The highest BCUT2D eigenvalue weighted by Crippen LogP contribution is 2.22. The quantitative estimate of drug-likeness (QED) is 0.726. The Morgan fingerprint density at radius 3 is 2.33 bits per heavy atom. The summed E-state index contributed by atoms with van der Waals surface area (Å²) in [5.41, 5.74) is 0.487. The largest absolute Gasteiger partial charge is 0.275 e. The summed E-state index contributed by atoms with van der Waals surface area (Å²) in [5.74, 6) is -0.620. The molecule has 0 radical (unpaired) electrons. The predicted octanol–water partition coefficient (Wildman–Crippen LogP) is 2.32. The number of aryl methyl sites for hydroxylation is 1. The number of hydrogen-bond acceptors (Lipinski definition) is 3. The van der Waals surface area contributed by atoms with Gasteiger partial charge in [-0.2, -0.15) is 5.10 Å². The lowest BCUT2D eigenvalue weighted by atomic mass is 10.4. The van der Waals surface area contributed by atoms with Gasteiger partial charge in [-0.1, -0.05) is 23.2 Å². The Bertz CT molecular complexity index is 488. The van der Waals surface area contributed by atoms with Gasteiger partial charge < -0.3 is 0 Å². The molecule has 0 saturated heterocycles. The van der Waals surface area contributed by atoms with Crippen molar-refractivity contribution in [3.05, 3.63) is 28.4 Å². The van der Waals surface area contributed by atoms with Crippen LogP contribution in [0.1, 0.15) is 0 Å². The second-order valence-corrected chi connectivity index (χ2v) is 3.53. The summed E-state index contributed by atoms with van der Waals surface area (Å²) in [7, 11) is 1.75. The molecular formula is C8H5Cl2FN4. The maximum atomic E-state index is 13.0. The van der Waals surface area contributed by atoms with Crippen molar-refractivity contribution in [2.75, 3.05) is 0 Å². The first-order chi connectivity index (χ1) is 7.08. The van der Waals surface area contributed by atoms with Crippen molar-refractivity contribution < 1.29 is 4.39 Å². The van der Waals surface area contributed by atoms with Gasteiger partial charge in [-0.15, -0.1) is 0 Å². The molecule has 2 aromatic heterocycles. The van der Waals surface area contributed by atoms with E-state index in [1.54, 1.807) is 24.0 Å². The zero-order valence-corrected chi connectivity index (χ0v) is 9.09. The minimum atomic E-state index is -0.821. The molecule has 2 heterocycles. The van der Waals surface area contributed by atoms with Crippen LogP contribution < -0.4 is 0 Å². The van der Waals surface area contributed by atoms with Gasteiger partial charge in [-0.05, 0) is 6.07 Å². The second kappa shape index (κ2) is 3.75. The molecule has 0 fully saturated rings. The van der Waals surface area contributed by atoms with Crippen molar-refractivity contribution in [1.82, 2.24) is 19.7 Å². The molecule has 2 aromatic rings. The van der Waals surface area contributed by atoms with Crippen LogP contribution in [0.4, 0.5) is 4.39 Å². The fraction of sp³-hybridized carbons (Fsp3) is 0.125. The molecule has 0 amide bonds. The van der Waals surface area contributed by atoms with Gasteiger partial charge in [0, 0.05) is 13.2 Å². The zero-order chi connectivity index (χ0) is 11.0. The van der Waals surface area contributed by atoms with Gasteiger partial charge in [-0.25, -0.2) is 14.4 Å². The first kappa shape index (κ1) is 10.3. The molecule has 0 aliphatic rings. The number of aromatic nitrogens is 4. The van der Waals surface area contributed by atoms with Gasteiger partial charge in [0.25, 0.3) is 0 Å². The molecule has 0 aromatic carbocycles. The highest BCUT2D eigenvalue weighted by Gasteiger charge is 2.13. The van der Waals surface area contributed by atoms with E-state index in [1.807, 2.05) is 0 Å². The van der Waals surface area contributed by atoms with E-state index in [0.717, 1.165) is 0 Å². The molecule has 0 atom stereocenters. The van der Waals surface area contributed by atoms with E-state index in [2.05, 4.69) is 15.1 Å². The molecule has 7 heteroatoms. The summed E-state index contributed by atoms with van der Waals surface area (Å²) in [6.45, 7) is 0. The lowest BCUT2D eigenvalue weighted by molar-refractivity contribution is 0.615. The van der Waals surface area contributed by atoms with Crippen LogP contribution in [0.25, 0.3) is 11.5 Å². The van der Waals surface area contributed by atoms with Crippen LogP contribution in [0.2, 0.25) is 10.3 Å². The fourth-order valence-electron chi connectivity index (χ4n) is 1.04. The van der Waals surface area contributed by atoms with Crippen LogP contribution >= 0.6 is 23.2 Å². The van der Waals surface area contributed by atoms with Gasteiger partial charge >= 0.3 is 0 Å². The summed E-state index contributed by atoms with van der Waals surface area (Å²) < 4.78 is 14.6. The first-order valence-corrected chi connectivity index (χ1v) is 4.72. The van der Waals surface area contributed by atoms with Crippen molar-refractivity contribution in [2.45, 2.75) is 0 Å². The molecule has 0 aliphatic heterocycles. The Balaban J connectivity index is 2.55. The third-order valence-electron chi connectivity index (χ3n) is 1.71. The lowest BCUT2D eigenvalue weighted by Crippen LogP contribution is -1.96. The summed E-state index contributed by atoms with van der Waals surface area (Å²) in [6, 6.07) is 1.68. The van der Waals surface area contributed by atoms with E-state index < -0.39 is 5.82 Å². The molecule has 15 heavy (non-hydrogen) atoms. The van der Waals surface area contributed by atoms with Gasteiger partial charge in [0.05, 0.1) is 0 Å². The van der Waals surface area contributed by atoms with E-state index in [-0.39, 0.29) is 16.1 Å². The number of hydrogen-bond donors (Lipinski definition) is 0. The van der Waals surface area contributed by atoms with Crippen LogP contribution in [0.3, 0.4) is 0 Å². The van der Waals surface area contributed by atoms with Gasteiger partial charge in [0.2, 0.25) is 0 Å². The normalized spacial score (nSPS) is 10.7. The first-order valence-electron chi connectivity index (χ1n) is 3.96. The van der Waals surface area contributed by atoms with E-state index in [4.69, 9.17) is 23.2 Å². The molecule has 2 rings (SSSR count). The van der Waals surface area contributed by atoms with Crippen molar-refractivity contribution in [3.63, 3.8) is 0 Å². The highest BCUT2D eigenvalue weighted by atomic mass is 35.5. The molecule has 0 saturated carbocycles. The summed E-state index contributed by atoms with van der Waals surface area (Å²) in [4.78, 5) is 7.47. The Morgan fingerprint density at radius 1 is 1.27 bits per heavy atom. The predicted molar refractivity (Wildman–Crippen MR) is 54.2 cm³/mol. The average Bonchev–Trinajstić information content (AvgIpc) is 2.60. The molecule has 0 unspecified atom stereocenters. The Morgan fingerprint density at radius 2 is 1.87 bits per heavy atom. The van der Waals surface area contributed by atoms with Gasteiger partial charge in [0.1, 0.15) is 5.69 Å². The van der Waals surface area contributed by atoms with Crippen molar-refractivity contribution in [2.24, 2.45) is 7.05 Å². The Labute approximate surface area is 94.7 Å². The minimum Gasteiger partial charge on any atom is -0.275 e. The lowest BCUT2D eigenvalue weighted by Gasteiger charge is -1.99.